The maximum atomic E-state index is 12.7. The third kappa shape index (κ3) is 4.09. The zero-order chi connectivity index (χ0) is 19.7. The molecule has 1 aliphatic heterocycles. The number of carbonyl (C=O) groups excluding carboxylic acids is 1. The molecule has 0 radical (unpaired) electrons. The van der Waals surface area contributed by atoms with Gasteiger partial charge in [-0.15, -0.1) is 11.3 Å². The third-order valence-electron chi connectivity index (χ3n) is 5.46. The Hall–Kier alpha value is -1.89. The number of benzene rings is 1. The molecule has 1 saturated heterocycles. The van der Waals surface area contributed by atoms with E-state index in [-0.39, 0.29) is 18.1 Å². The number of fused-ring (bicyclic) bond motifs is 3. The van der Waals surface area contributed by atoms with Crippen LogP contribution in [-0.4, -0.2) is 56.3 Å². The van der Waals surface area contributed by atoms with E-state index in [1.54, 1.807) is 18.4 Å². The van der Waals surface area contributed by atoms with Gasteiger partial charge in [-0.25, -0.2) is 0 Å². The van der Waals surface area contributed by atoms with Crippen LogP contribution in [-0.2, 0) is 17.6 Å². The standard InChI is InChI=1S/C22H28N2O3S/c1-14-12-24(13-15(2)27-14)9-8-23-22(25)20-11-17-5-4-16-10-18(26-3)6-7-19(16)21(17)28-20/h6-7,10-11,14-15H,4-5,8-9,12-13H2,1-3H3,(H,23,25). The molecule has 1 aromatic heterocycles. The molecule has 1 aliphatic carbocycles. The molecule has 0 bridgehead atoms. The highest BCUT2D eigenvalue weighted by Crippen LogP contribution is 2.40. The summed E-state index contributed by atoms with van der Waals surface area (Å²) in [5.74, 6) is 0.923. The van der Waals surface area contributed by atoms with Crippen LogP contribution in [0.25, 0.3) is 10.4 Å². The van der Waals surface area contributed by atoms with E-state index in [9.17, 15) is 4.79 Å². The molecule has 0 spiro atoms. The highest BCUT2D eigenvalue weighted by atomic mass is 32.1. The number of ether oxygens (including phenoxy) is 2. The molecule has 2 atom stereocenters. The summed E-state index contributed by atoms with van der Waals surface area (Å²) >= 11 is 1.60. The maximum Gasteiger partial charge on any atom is 0.261 e. The summed E-state index contributed by atoms with van der Waals surface area (Å²) in [5, 5.41) is 3.10. The van der Waals surface area contributed by atoms with Gasteiger partial charge in [0.1, 0.15) is 5.75 Å². The fourth-order valence-corrected chi connectivity index (χ4v) is 5.42. The number of rotatable bonds is 5. The number of nitrogens with zero attached hydrogens (tertiary/aromatic N) is 1. The smallest absolute Gasteiger partial charge is 0.261 e. The molecule has 5 nitrogen and oxygen atoms in total. The van der Waals surface area contributed by atoms with E-state index in [2.05, 4.69) is 42.3 Å². The Morgan fingerprint density at radius 3 is 2.71 bits per heavy atom. The molecule has 1 aromatic carbocycles. The molecule has 2 aromatic rings. The van der Waals surface area contributed by atoms with Crippen LogP contribution in [0.5, 0.6) is 5.75 Å². The molecular formula is C22H28N2O3S. The van der Waals surface area contributed by atoms with E-state index < -0.39 is 0 Å². The first-order valence-electron chi connectivity index (χ1n) is 9.99. The SMILES string of the molecule is COc1ccc2c(c1)CCc1cc(C(=O)NCCN3CC(C)OC(C)C3)sc1-2. The van der Waals surface area contributed by atoms with E-state index in [4.69, 9.17) is 9.47 Å². The van der Waals surface area contributed by atoms with E-state index in [1.165, 1.54) is 21.6 Å². The molecule has 1 amide bonds. The van der Waals surface area contributed by atoms with Gasteiger partial charge in [0, 0.05) is 31.1 Å². The van der Waals surface area contributed by atoms with Gasteiger partial charge in [0.15, 0.2) is 0 Å². The predicted molar refractivity (Wildman–Crippen MR) is 112 cm³/mol. The lowest BCUT2D eigenvalue weighted by atomic mass is 9.91. The molecular weight excluding hydrogens is 372 g/mol. The highest BCUT2D eigenvalue weighted by molar-refractivity contribution is 7.17. The number of carbonyl (C=O) groups is 1. The molecule has 6 heteroatoms. The van der Waals surface area contributed by atoms with E-state index in [1.807, 2.05) is 6.07 Å². The lowest BCUT2D eigenvalue weighted by Gasteiger charge is -2.35. The molecule has 4 rings (SSSR count). The van der Waals surface area contributed by atoms with Gasteiger partial charge in [-0.05, 0) is 67.6 Å². The number of aryl methyl sites for hydroxylation is 2. The average molecular weight is 401 g/mol. The van der Waals surface area contributed by atoms with Crippen molar-refractivity contribution < 1.29 is 14.3 Å². The highest BCUT2D eigenvalue weighted by Gasteiger charge is 2.23. The number of methoxy groups -OCH3 is 1. The average Bonchev–Trinajstić information content (AvgIpc) is 3.11. The van der Waals surface area contributed by atoms with Gasteiger partial charge in [-0.2, -0.15) is 0 Å². The molecule has 1 N–H and O–H groups in total. The van der Waals surface area contributed by atoms with Crippen LogP contribution in [0.1, 0.15) is 34.6 Å². The van der Waals surface area contributed by atoms with Gasteiger partial charge in [0.05, 0.1) is 24.2 Å². The third-order valence-corrected chi connectivity index (χ3v) is 6.67. The van der Waals surface area contributed by atoms with Crippen LogP contribution in [0.4, 0.5) is 0 Å². The fraction of sp³-hybridized carbons (Fsp3) is 0.500. The first-order chi connectivity index (χ1) is 13.5. The zero-order valence-electron chi connectivity index (χ0n) is 16.8. The van der Waals surface area contributed by atoms with Crippen LogP contribution in [0.3, 0.4) is 0 Å². The molecule has 2 aliphatic rings. The van der Waals surface area contributed by atoms with Crippen molar-refractivity contribution >= 4 is 17.2 Å². The van der Waals surface area contributed by atoms with Crippen molar-refractivity contribution in [3.8, 4) is 16.2 Å². The van der Waals surface area contributed by atoms with Gasteiger partial charge in [0.25, 0.3) is 5.91 Å². The van der Waals surface area contributed by atoms with Gasteiger partial charge in [0.2, 0.25) is 0 Å². The van der Waals surface area contributed by atoms with Crippen LogP contribution >= 0.6 is 11.3 Å². The first-order valence-corrected chi connectivity index (χ1v) is 10.8. The minimum absolute atomic E-state index is 0.0313. The minimum Gasteiger partial charge on any atom is -0.497 e. The van der Waals surface area contributed by atoms with Gasteiger partial charge < -0.3 is 14.8 Å². The maximum absolute atomic E-state index is 12.7. The van der Waals surface area contributed by atoms with Crippen molar-refractivity contribution in [2.24, 2.45) is 0 Å². The monoisotopic (exact) mass is 400 g/mol. The summed E-state index contributed by atoms with van der Waals surface area (Å²) in [6.07, 6.45) is 2.47. The Morgan fingerprint density at radius 1 is 1.21 bits per heavy atom. The summed E-state index contributed by atoms with van der Waals surface area (Å²) in [4.78, 5) is 17.1. The zero-order valence-corrected chi connectivity index (χ0v) is 17.6. The molecule has 0 saturated carbocycles. The van der Waals surface area contributed by atoms with E-state index in [0.29, 0.717) is 6.54 Å². The topological polar surface area (TPSA) is 50.8 Å². The largest absolute Gasteiger partial charge is 0.497 e. The van der Waals surface area contributed by atoms with E-state index in [0.717, 1.165) is 43.1 Å². The molecule has 150 valence electrons. The Morgan fingerprint density at radius 2 is 1.96 bits per heavy atom. The van der Waals surface area contributed by atoms with E-state index >= 15 is 0 Å². The van der Waals surface area contributed by atoms with Crippen LogP contribution < -0.4 is 10.1 Å². The van der Waals surface area contributed by atoms with Crippen molar-refractivity contribution in [1.29, 1.82) is 0 Å². The Bertz CT molecular complexity index is 853. The summed E-state index contributed by atoms with van der Waals surface area (Å²) < 4.78 is 11.1. The second-order valence-electron chi connectivity index (χ2n) is 7.76. The minimum atomic E-state index is 0.0313. The number of thiophene rings is 1. The number of hydrogen-bond donors (Lipinski definition) is 1. The second kappa shape index (κ2) is 8.23. The lowest BCUT2D eigenvalue weighted by Crippen LogP contribution is -2.47. The normalized spacial score (nSPS) is 21.7. The first kappa shape index (κ1) is 19.4. The molecule has 2 heterocycles. The van der Waals surface area contributed by atoms with Gasteiger partial charge in [-0.1, -0.05) is 0 Å². The summed E-state index contributed by atoms with van der Waals surface area (Å²) in [5.41, 5.74) is 3.82. The molecule has 28 heavy (non-hydrogen) atoms. The lowest BCUT2D eigenvalue weighted by molar-refractivity contribution is -0.0672. The molecule has 2 unspecified atom stereocenters. The quantitative estimate of drug-likeness (QED) is 0.836. The van der Waals surface area contributed by atoms with Crippen molar-refractivity contribution in [1.82, 2.24) is 10.2 Å². The number of nitrogens with one attached hydrogen (secondary N) is 1. The molecule has 1 fully saturated rings. The second-order valence-corrected chi connectivity index (χ2v) is 8.81. The van der Waals surface area contributed by atoms with Crippen molar-refractivity contribution in [3.63, 3.8) is 0 Å². The van der Waals surface area contributed by atoms with Crippen LogP contribution in [0.2, 0.25) is 0 Å². The van der Waals surface area contributed by atoms with Crippen LogP contribution in [0, 0.1) is 0 Å². The summed E-state index contributed by atoms with van der Waals surface area (Å²) in [7, 11) is 1.70. The number of hydrogen-bond acceptors (Lipinski definition) is 5. The number of morpholine rings is 1. The predicted octanol–water partition coefficient (Wildman–Crippen LogP) is 3.36. The number of amides is 1. The summed E-state index contributed by atoms with van der Waals surface area (Å²) in [6.45, 7) is 7.57. The Kier molecular flexibility index (Phi) is 5.71. The van der Waals surface area contributed by atoms with Crippen molar-refractivity contribution in [2.75, 3.05) is 33.3 Å². The van der Waals surface area contributed by atoms with Gasteiger partial charge >= 0.3 is 0 Å². The van der Waals surface area contributed by atoms with Crippen molar-refractivity contribution in [2.45, 2.75) is 38.9 Å². The summed E-state index contributed by atoms with van der Waals surface area (Å²) in [6, 6.07) is 8.30. The van der Waals surface area contributed by atoms with Crippen LogP contribution in [0.15, 0.2) is 24.3 Å². The Balaban J connectivity index is 1.39. The Labute approximate surface area is 170 Å². The van der Waals surface area contributed by atoms with Gasteiger partial charge in [-0.3, -0.25) is 9.69 Å². The fourth-order valence-electron chi connectivity index (χ4n) is 4.23. The van der Waals surface area contributed by atoms with Crippen molar-refractivity contribution in [3.05, 3.63) is 40.3 Å².